The minimum Gasteiger partial charge on any atom is -0.384 e. The Labute approximate surface area is 226 Å². The number of amides is 3. The van der Waals surface area contributed by atoms with E-state index in [0.29, 0.717) is 42.7 Å². The Balaban J connectivity index is 1.68. The van der Waals surface area contributed by atoms with Gasteiger partial charge in [-0.15, -0.1) is 0 Å². The van der Waals surface area contributed by atoms with Crippen molar-refractivity contribution in [2.24, 2.45) is 11.8 Å². The Morgan fingerprint density at radius 3 is 2.38 bits per heavy atom. The highest BCUT2D eigenvalue weighted by atomic mass is 19.4. The molecule has 2 aliphatic heterocycles. The molecule has 2 heterocycles. The van der Waals surface area contributed by atoms with Crippen LogP contribution in [0.2, 0.25) is 0 Å². The number of hydrogen-bond donors (Lipinski definition) is 1. The zero-order valence-electron chi connectivity index (χ0n) is 22.8. The lowest BCUT2D eigenvalue weighted by molar-refractivity contribution is -0.138. The molecule has 2 fully saturated rings. The number of hydrogen-bond acceptors (Lipinski definition) is 3. The number of likely N-dealkylation sites (tertiary alicyclic amines) is 2. The second-order valence-electron chi connectivity index (χ2n) is 11.0. The van der Waals surface area contributed by atoms with Crippen molar-refractivity contribution in [1.82, 2.24) is 14.7 Å². The van der Waals surface area contributed by atoms with Gasteiger partial charge in [-0.1, -0.05) is 17.7 Å². The molecule has 0 aliphatic carbocycles. The minimum absolute atomic E-state index is 0.0834. The summed E-state index contributed by atoms with van der Waals surface area (Å²) in [7, 11) is 1.57. The van der Waals surface area contributed by atoms with E-state index in [4.69, 9.17) is 0 Å². The zero-order chi connectivity index (χ0) is 28.8. The van der Waals surface area contributed by atoms with Gasteiger partial charge in [-0.2, -0.15) is 13.2 Å². The van der Waals surface area contributed by atoms with Gasteiger partial charge in [-0.25, -0.2) is 9.18 Å². The largest absolute Gasteiger partial charge is 0.416 e. The molecule has 0 aromatic heterocycles. The first-order chi connectivity index (χ1) is 18.2. The molecule has 2 saturated heterocycles. The molecule has 0 saturated carbocycles. The standard InChI is InChI=1S/C29H35F4N3O3/c1-16-10-21(13-22(11-16)29(31,32)33)18(3)34(5)28(39)36-9-8-20-14-35(27(38)19(4)37)15-25(20)26(36)24-7-6-23(30)12-17(24)2/h6-7,10-13,18-20,25-26,37H,8-9,14-15H2,1-5H3/t18-,19-,20-,25?,26+/m1/s1. The van der Waals surface area contributed by atoms with Crippen molar-refractivity contribution in [2.75, 3.05) is 26.7 Å². The Morgan fingerprint density at radius 2 is 1.77 bits per heavy atom. The number of aryl methyl sites for hydroxylation is 2. The van der Waals surface area contributed by atoms with Crippen LogP contribution < -0.4 is 0 Å². The summed E-state index contributed by atoms with van der Waals surface area (Å²) >= 11 is 0. The molecule has 39 heavy (non-hydrogen) atoms. The van der Waals surface area contributed by atoms with Crippen LogP contribution in [0.3, 0.4) is 0 Å². The van der Waals surface area contributed by atoms with Crippen molar-refractivity contribution in [3.8, 4) is 0 Å². The van der Waals surface area contributed by atoms with Crippen LogP contribution in [0.4, 0.5) is 22.4 Å². The van der Waals surface area contributed by atoms with E-state index in [2.05, 4.69) is 0 Å². The summed E-state index contributed by atoms with van der Waals surface area (Å²) in [5.74, 6) is -0.832. The summed E-state index contributed by atoms with van der Waals surface area (Å²) in [6.45, 7) is 7.65. The summed E-state index contributed by atoms with van der Waals surface area (Å²) in [5.41, 5.74) is 1.49. The quantitative estimate of drug-likeness (QED) is 0.514. The van der Waals surface area contributed by atoms with Gasteiger partial charge in [0.15, 0.2) is 0 Å². The first-order valence-electron chi connectivity index (χ1n) is 13.1. The normalized spacial score (nSPS) is 22.9. The maximum Gasteiger partial charge on any atom is 0.416 e. The first-order valence-corrected chi connectivity index (χ1v) is 13.1. The number of urea groups is 1. The summed E-state index contributed by atoms with van der Waals surface area (Å²) in [5, 5.41) is 9.87. The minimum atomic E-state index is -4.51. The maximum atomic E-state index is 14.0. The molecule has 0 spiro atoms. The maximum absolute atomic E-state index is 14.0. The molecular weight excluding hydrogens is 514 g/mol. The average Bonchev–Trinajstić information content (AvgIpc) is 3.30. The van der Waals surface area contributed by atoms with Crippen molar-refractivity contribution in [3.63, 3.8) is 0 Å². The van der Waals surface area contributed by atoms with Crippen LogP contribution in [0.25, 0.3) is 0 Å². The van der Waals surface area contributed by atoms with Crippen LogP contribution in [-0.2, 0) is 11.0 Å². The lowest BCUT2D eigenvalue weighted by Gasteiger charge is -2.45. The van der Waals surface area contributed by atoms with Crippen LogP contribution in [0, 0.1) is 31.5 Å². The Bertz CT molecular complexity index is 1250. The third-order valence-corrected chi connectivity index (χ3v) is 8.23. The highest BCUT2D eigenvalue weighted by molar-refractivity contribution is 5.80. The highest BCUT2D eigenvalue weighted by Crippen LogP contribution is 2.45. The fourth-order valence-electron chi connectivity index (χ4n) is 6.07. The smallest absolute Gasteiger partial charge is 0.384 e. The number of rotatable bonds is 4. The molecule has 0 bridgehead atoms. The van der Waals surface area contributed by atoms with Gasteiger partial charge in [0.05, 0.1) is 17.6 Å². The topological polar surface area (TPSA) is 64.1 Å². The van der Waals surface area contributed by atoms with Gasteiger partial charge < -0.3 is 19.8 Å². The fraction of sp³-hybridized carbons (Fsp3) is 0.517. The zero-order valence-corrected chi connectivity index (χ0v) is 22.8. The summed E-state index contributed by atoms with van der Waals surface area (Å²) in [4.78, 5) is 31.3. The molecule has 1 N–H and O–H groups in total. The molecule has 5 atom stereocenters. The van der Waals surface area contributed by atoms with E-state index in [9.17, 15) is 32.3 Å². The predicted molar refractivity (Wildman–Crippen MR) is 138 cm³/mol. The van der Waals surface area contributed by atoms with E-state index in [1.165, 1.54) is 24.0 Å². The lowest BCUT2D eigenvalue weighted by atomic mass is 9.78. The van der Waals surface area contributed by atoms with E-state index in [1.807, 2.05) is 0 Å². The Kier molecular flexibility index (Phi) is 7.98. The number of benzene rings is 2. The number of carbonyl (C=O) groups excluding carboxylic acids is 2. The number of nitrogens with zero attached hydrogens (tertiary/aromatic N) is 3. The number of fused-ring (bicyclic) bond motifs is 1. The monoisotopic (exact) mass is 549 g/mol. The van der Waals surface area contributed by atoms with Crippen LogP contribution in [0.5, 0.6) is 0 Å². The van der Waals surface area contributed by atoms with Crippen LogP contribution in [0.1, 0.15) is 60.2 Å². The number of halogens is 4. The van der Waals surface area contributed by atoms with Gasteiger partial charge in [-0.3, -0.25) is 4.79 Å². The van der Waals surface area contributed by atoms with E-state index in [1.54, 1.807) is 49.8 Å². The molecule has 6 nitrogen and oxygen atoms in total. The van der Waals surface area contributed by atoms with Gasteiger partial charge in [-0.05, 0) is 81.0 Å². The SMILES string of the molecule is Cc1cc([C@@H](C)N(C)C(=O)N2CC[C@@H]3CN(C(=O)[C@@H](C)O)CC3[C@@H]2c2ccc(F)cc2C)cc(C(F)(F)F)c1. The molecule has 0 radical (unpaired) electrons. The average molecular weight is 550 g/mol. The molecule has 2 aliphatic rings. The molecule has 4 rings (SSSR count). The second kappa shape index (κ2) is 10.8. The highest BCUT2D eigenvalue weighted by Gasteiger charge is 2.48. The number of carbonyl (C=O) groups is 2. The molecule has 2 aromatic rings. The summed E-state index contributed by atoms with van der Waals surface area (Å²) < 4.78 is 54.4. The van der Waals surface area contributed by atoms with Crippen molar-refractivity contribution < 1.29 is 32.3 Å². The third-order valence-electron chi connectivity index (χ3n) is 8.23. The van der Waals surface area contributed by atoms with E-state index in [0.717, 1.165) is 17.7 Å². The first kappa shape index (κ1) is 28.9. The molecule has 3 amide bonds. The lowest BCUT2D eigenvalue weighted by Crippen LogP contribution is -2.51. The van der Waals surface area contributed by atoms with Crippen LogP contribution in [0.15, 0.2) is 36.4 Å². The van der Waals surface area contributed by atoms with E-state index < -0.39 is 35.7 Å². The number of piperidine rings is 1. The van der Waals surface area contributed by atoms with E-state index >= 15 is 0 Å². The third kappa shape index (κ3) is 5.76. The fourth-order valence-corrected chi connectivity index (χ4v) is 6.07. The van der Waals surface area contributed by atoms with Gasteiger partial charge >= 0.3 is 12.2 Å². The second-order valence-corrected chi connectivity index (χ2v) is 11.0. The van der Waals surface area contributed by atoms with Gasteiger partial charge in [0.2, 0.25) is 0 Å². The number of aliphatic hydroxyl groups is 1. The van der Waals surface area contributed by atoms with Gasteiger partial charge in [0, 0.05) is 32.6 Å². The molecular formula is C29H35F4N3O3. The van der Waals surface area contributed by atoms with Crippen LogP contribution >= 0.6 is 0 Å². The Hall–Kier alpha value is -3.14. The summed E-state index contributed by atoms with van der Waals surface area (Å²) in [6, 6.07) is 6.75. The number of alkyl halides is 3. The van der Waals surface area contributed by atoms with Crippen molar-refractivity contribution in [1.29, 1.82) is 0 Å². The predicted octanol–water partition coefficient (Wildman–Crippen LogP) is 5.48. The summed E-state index contributed by atoms with van der Waals surface area (Å²) in [6.07, 6.45) is -5.02. The van der Waals surface area contributed by atoms with Crippen molar-refractivity contribution in [2.45, 2.75) is 58.5 Å². The number of aliphatic hydroxyl groups excluding tert-OH is 1. The van der Waals surface area contributed by atoms with E-state index in [-0.39, 0.29) is 23.8 Å². The Morgan fingerprint density at radius 1 is 1.08 bits per heavy atom. The molecule has 212 valence electrons. The molecule has 2 aromatic carbocycles. The van der Waals surface area contributed by atoms with Crippen LogP contribution in [-0.4, -0.2) is 64.5 Å². The van der Waals surface area contributed by atoms with Gasteiger partial charge in [0.1, 0.15) is 11.9 Å². The molecule has 10 heteroatoms. The molecule has 1 unspecified atom stereocenters. The van der Waals surface area contributed by atoms with Crippen molar-refractivity contribution in [3.05, 3.63) is 70.0 Å². The van der Waals surface area contributed by atoms with Gasteiger partial charge in [0.25, 0.3) is 5.91 Å². The van der Waals surface area contributed by atoms with Crippen molar-refractivity contribution >= 4 is 11.9 Å².